The molecule has 1 fully saturated rings. The maximum Gasteiger partial charge on any atom is 0.150 e. The van der Waals surface area contributed by atoms with E-state index in [1.165, 1.54) is 12.8 Å². The molecule has 3 rings (SSSR count). The molecule has 0 bridgehead atoms. The Labute approximate surface area is 87.7 Å². The molecule has 0 saturated heterocycles. The van der Waals surface area contributed by atoms with Gasteiger partial charge in [-0.15, -0.1) is 0 Å². The first-order valence-electron chi connectivity index (χ1n) is 5.23. The molecule has 2 aromatic rings. The van der Waals surface area contributed by atoms with Crippen LogP contribution in [0.3, 0.4) is 0 Å². The fourth-order valence-corrected chi connectivity index (χ4v) is 2.10. The number of carbonyl (C=O) groups excluding carboxylic acids is 1. The van der Waals surface area contributed by atoms with Crippen LogP contribution in [0.2, 0.25) is 0 Å². The van der Waals surface area contributed by atoms with E-state index >= 15 is 0 Å². The first-order valence-corrected chi connectivity index (χ1v) is 5.23. The van der Waals surface area contributed by atoms with Crippen molar-refractivity contribution in [2.24, 2.45) is 0 Å². The molecule has 1 aromatic heterocycles. The van der Waals surface area contributed by atoms with Crippen LogP contribution in [-0.4, -0.2) is 15.8 Å². The van der Waals surface area contributed by atoms with Crippen molar-refractivity contribution in [1.82, 2.24) is 9.55 Å². The highest BCUT2D eigenvalue weighted by Gasteiger charge is 2.26. The summed E-state index contributed by atoms with van der Waals surface area (Å²) in [4.78, 5) is 15.2. The zero-order valence-corrected chi connectivity index (χ0v) is 8.60. The number of benzene rings is 1. The molecule has 1 aliphatic rings. The summed E-state index contributed by atoms with van der Waals surface area (Å²) in [5.41, 5.74) is 2.81. The van der Waals surface area contributed by atoms with E-state index < -0.39 is 0 Å². The normalized spacial score (nSPS) is 15.8. The molecule has 1 heterocycles. The number of aryl methyl sites for hydroxylation is 1. The molecule has 76 valence electrons. The number of imidazole rings is 1. The molecule has 15 heavy (non-hydrogen) atoms. The molecule has 1 saturated carbocycles. The average molecular weight is 200 g/mol. The fourth-order valence-electron chi connectivity index (χ4n) is 2.10. The lowest BCUT2D eigenvalue weighted by Crippen LogP contribution is -1.96. The molecule has 0 N–H and O–H groups in total. The van der Waals surface area contributed by atoms with Crippen LogP contribution in [0, 0.1) is 6.92 Å². The van der Waals surface area contributed by atoms with Crippen molar-refractivity contribution in [2.75, 3.05) is 0 Å². The van der Waals surface area contributed by atoms with Crippen molar-refractivity contribution < 1.29 is 4.79 Å². The predicted octanol–water partition coefficient (Wildman–Crippen LogP) is 2.49. The van der Waals surface area contributed by atoms with Gasteiger partial charge < -0.3 is 4.57 Å². The van der Waals surface area contributed by atoms with Gasteiger partial charge >= 0.3 is 0 Å². The molecule has 1 aliphatic carbocycles. The Morgan fingerprint density at radius 1 is 1.47 bits per heavy atom. The Balaban J connectivity index is 2.30. The van der Waals surface area contributed by atoms with Crippen LogP contribution in [0.25, 0.3) is 11.0 Å². The minimum Gasteiger partial charge on any atom is -0.325 e. The van der Waals surface area contributed by atoms with E-state index in [0.29, 0.717) is 6.04 Å². The smallest absolute Gasteiger partial charge is 0.150 e. The topological polar surface area (TPSA) is 34.9 Å². The molecule has 3 nitrogen and oxygen atoms in total. The van der Waals surface area contributed by atoms with E-state index in [1.54, 1.807) is 0 Å². The first kappa shape index (κ1) is 8.65. The maximum atomic E-state index is 10.7. The zero-order valence-electron chi connectivity index (χ0n) is 8.60. The van der Waals surface area contributed by atoms with Gasteiger partial charge in [-0.2, -0.15) is 0 Å². The van der Waals surface area contributed by atoms with Crippen LogP contribution in [-0.2, 0) is 0 Å². The highest BCUT2D eigenvalue weighted by molar-refractivity contribution is 5.85. The summed E-state index contributed by atoms with van der Waals surface area (Å²) in [5, 5.41) is 0. The highest BCUT2D eigenvalue weighted by Crippen LogP contribution is 2.38. The Kier molecular flexibility index (Phi) is 1.69. The number of fused-ring (bicyclic) bond motifs is 1. The summed E-state index contributed by atoms with van der Waals surface area (Å²) < 4.78 is 2.25. The Bertz CT molecular complexity index is 538. The van der Waals surface area contributed by atoms with Crippen molar-refractivity contribution in [3.63, 3.8) is 0 Å². The standard InChI is InChI=1S/C12H12N2O/c1-8-13-11-5-2-9(7-15)6-12(11)14(8)10-3-4-10/h2,5-7,10H,3-4H2,1H3. The van der Waals surface area contributed by atoms with Gasteiger partial charge in [-0.05, 0) is 38.0 Å². The lowest BCUT2D eigenvalue weighted by atomic mass is 10.2. The summed E-state index contributed by atoms with van der Waals surface area (Å²) in [6.45, 7) is 2.03. The molecule has 0 spiro atoms. The summed E-state index contributed by atoms with van der Waals surface area (Å²) in [6.07, 6.45) is 3.36. The van der Waals surface area contributed by atoms with Gasteiger partial charge in [-0.1, -0.05) is 0 Å². The first-order chi connectivity index (χ1) is 7.29. The molecule has 3 heteroatoms. The summed E-state index contributed by atoms with van der Waals surface area (Å²) in [7, 11) is 0. The van der Waals surface area contributed by atoms with Crippen LogP contribution in [0.15, 0.2) is 18.2 Å². The summed E-state index contributed by atoms with van der Waals surface area (Å²) >= 11 is 0. The molecule has 0 atom stereocenters. The van der Waals surface area contributed by atoms with E-state index in [0.717, 1.165) is 28.7 Å². The Hall–Kier alpha value is -1.64. The van der Waals surface area contributed by atoms with Crippen LogP contribution < -0.4 is 0 Å². The van der Waals surface area contributed by atoms with Gasteiger partial charge in [-0.25, -0.2) is 4.98 Å². The molecular formula is C12H12N2O. The molecule has 0 aliphatic heterocycles. The number of rotatable bonds is 2. The Morgan fingerprint density at radius 3 is 2.93 bits per heavy atom. The van der Waals surface area contributed by atoms with Gasteiger partial charge in [-0.3, -0.25) is 4.79 Å². The van der Waals surface area contributed by atoms with Gasteiger partial charge in [0.25, 0.3) is 0 Å². The highest BCUT2D eigenvalue weighted by atomic mass is 16.1. The molecular weight excluding hydrogens is 188 g/mol. The number of aromatic nitrogens is 2. The van der Waals surface area contributed by atoms with E-state index in [9.17, 15) is 4.79 Å². The Morgan fingerprint density at radius 2 is 2.27 bits per heavy atom. The molecule has 1 aromatic carbocycles. The third-order valence-electron chi connectivity index (χ3n) is 2.94. The van der Waals surface area contributed by atoms with E-state index in [2.05, 4.69) is 9.55 Å². The van der Waals surface area contributed by atoms with Gasteiger partial charge in [0.1, 0.15) is 12.1 Å². The SMILES string of the molecule is Cc1nc2ccc(C=O)cc2n1C1CC1. The third-order valence-corrected chi connectivity index (χ3v) is 2.94. The third kappa shape index (κ3) is 1.27. The van der Waals surface area contributed by atoms with E-state index in [4.69, 9.17) is 0 Å². The second-order valence-corrected chi connectivity index (χ2v) is 4.13. The number of nitrogens with zero attached hydrogens (tertiary/aromatic N) is 2. The lowest BCUT2D eigenvalue weighted by Gasteiger charge is -2.03. The molecule has 0 radical (unpaired) electrons. The maximum absolute atomic E-state index is 10.7. The van der Waals surface area contributed by atoms with Crippen molar-refractivity contribution in [2.45, 2.75) is 25.8 Å². The quantitative estimate of drug-likeness (QED) is 0.698. The largest absolute Gasteiger partial charge is 0.325 e. The summed E-state index contributed by atoms with van der Waals surface area (Å²) in [6, 6.07) is 6.28. The predicted molar refractivity (Wildman–Crippen MR) is 58.1 cm³/mol. The van der Waals surface area contributed by atoms with Crippen LogP contribution >= 0.6 is 0 Å². The monoisotopic (exact) mass is 200 g/mol. The van der Waals surface area contributed by atoms with Gasteiger partial charge in [0, 0.05) is 11.6 Å². The number of aldehydes is 1. The van der Waals surface area contributed by atoms with Gasteiger partial charge in [0.05, 0.1) is 11.0 Å². The van der Waals surface area contributed by atoms with Crippen molar-refractivity contribution in [1.29, 1.82) is 0 Å². The van der Waals surface area contributed by atoms with Crippen LogP contribution in [0.4, 0.5) is 0 Å². The average Bonchev–Trinajstić information content (AvgIpc) is 3.00. The molecule has 0 unspecified atom stereocenters. The number of hydrogen-bond acceptors (Lipinski definition) is 2. The number of carbonyl (C=O) groups is 1. The zero-order chi connectivity index (χ0) is 10.4. The summed E-state index contributed by atoms with van der Waals surface area (Å²) in [5.74, 6) is 1.05. The molecule has 0 amide bonds. The van der Waals surface area contributed by atoms with E-state index in [1.807, 2.05) is 25.1 Å². The van der Waals surface area contributed by atoms with Gasteiger partial charge in [0.15, 0.2) is 0 Å². The van der Waals surface area contributed by atoms with Crippen LogP contribution in [0.5, 0.6) is 0 Å². The second kappa shape index (κ2) is 2.92. The van der Waals surface area contributed by atoms with Crippen LogP contribution in [0.1, 0.15) is 35.1 Å². The number of hydrogen-bond donors (Lipinski definition) is 0. The van der Waals surface area contributed by atoms with Crippen molar-refractivity contribution in [3.05, 3.63) is 29.6 Å². The lowest BCUT2D eigenvalue weighted by molar-refractivity contribution is 0.112. The second-order valence-electron chi connectivity index (χ2n) is 4.13. The minimum atomic E-state index is 0.608. The van der Waals surface area contributed by atoms with Gasteiger partial charge in [0.2, 0.25) is 0 Å². The fraction of sp³-hybridized carbons (Fsp3) is 0.333. The van der Waals surface area contributed by atoms with Crippen molar-refractivity contribution in [3.8, 4) is 0 Å². The van der Waals surface area contributed by atoms with E-state index in [-0.39, 0.29) is 0 Å². The van der Waals surface area contributed by atoms with Crippen molar-refractivity contribution >= 4 is 17.3 Å². The minimum absolute atomic E-state index is 0.608.